The summed E-state index contributed by atoms with van der Waals surface area (Å²) in [4.78, 5) is 0. The molecule has 3 heterocycles. The molecule has 0 saturated carbocycles. The Kier molecular flexibility index (Phi) is 2.59. The van der Waals surface area contributed by atoms with Crippen LogP contribution in [0.15, 0.2) is 0 Å². The van der Waals surface area contributed by atoms with Crippen LogP contribution >= 0.6 is 0 Å². The molecule has 4 atom stereocenters. The first-order valence-corrected chi connectivity index (χ1v) is 6.25. The highest BCUT2D eigenvalue weighted by molar-refractivity contribution is 5.03. The Bertz CT molecular complexity index is 354. The van der Waals surface area contributed by atoms with Gasteiger partial charge in [0.25, 0.3) is 0 Å². The van der Waals surface area contributed by atoms with Crippen molar-refractivity contribution in [1.82, 2.24) is 0 Å². The van der Waals surface area contributed by atoms with Crippen molar-refractivity contribution < 1.29 is 28.8 Å². The molecule has 0 amide bonds. The Hall–Kier alpha value is -0.240. The number of hydrogen-bond acceptors (Lipinski definition) is 6. The zero-order valence-corrected chi connectivity index (χ0v) is 11.1. The van der Waals surface area contributed by atoms with Gasteiger partial charge in [0, 0.05) is 0 Å². The predicted molar refractivity (Wildman–Crippen MR) is 59.6 cm³/mol. The van der Waals surface area contributed by atoms with E-state index in [2.05, 4.69) is 0 Å². The molecule has 6 nitrogen and oxygen atoms in total. The van der Waals surface area contributed by atoms with Crippen molar-refractivity contribution in [3.05, 3.63) is 0 Å². The first-order chi connectivity index (χ1) is 8.27. The van der Waals surface area contributed by atoms with E-state index in [1.807, 2.05) is 13.8 Å². The average Bonchev–Trinajstić information content (AvgIpc) is 2.70. The Labute approximate surface area is 106 Å². The quantitative estimate of drug-likeness (QED) is 0.735. The maximum Gasteiger partial charge on any atom is 0.224 e. The number of hydrogen-bond donors (Lipinski definition) is 1. The van der Waals surface area contributed by atoms with Gasteiger partial charge in [-0.15, -0.1) is 0 Å². The van der Waals surface area contributed by atoms with Crippen LogP contribution in [0, 0.1) is 0 Å². The smallest absolute Gasteiger partial charge is 0.224 e. The minimum Gasteiger partial charge on any atom is -0.391 e. The Morgan fingerprint density at radius 3 is 2.44 bits per heavy atom. The summed E-state index contributed by atoms with van der Waals surface area (Å²) in [5, 5.41) is 9.61. The molecule has 3 fully saturated rings. The number of ether oxygens (including phenoxy) is 5. The first-order valence-electron chi connectivity index (χ1n) is 6.25. The maximum absolute atomic E-state index is 9.61. The van der Waals surface area contributed by atoms with Crippen LogP contribution in [0.1, 0.15) is 27.7 Å². The molecule has 0 radical (unpaired) electrons. The molecule has 6 heteroatoms. The largest absolute Gasteiger partial charge is 0.391 e. The summed E-state index contributed by atoms with van der Waals surface area (Å²) in [5.41, 5.74) is 0. The molecule has 0 aliphatic carbocycles. The standard InChI is InChI=1S/C12H20O6/c1-10(2)15-7-5-14-12(6-13)9(8(7)16-10)17-11(3,4)18-12/h7-9,13H,5-6H2,1-4H3/t7-,8+,9+,12-/m1/s1. The Morgan fingerprint density at radius 2 is 1.78 bits per heavy atom. The molecule has 0 unspecified atom stereocenters. The monoisotopic (exact) mass is 260 g/mol. The third-order valence-electron chi connectivity index (χ3n) is 3.50. The number of rotatable bonds is 1. The normalized spacial score (nSPS) is 48.8. The second-order valence-electron chi connectivity index (χ2n) is 5.96. The molecule has 3 aliphatic heterocycles. The van der Waals surface area contributed by atoms with E-state index in [1.165, 1.54) is 0 Å². The molecule has 3 rings (SSSR count). The van der Waals surface area contributed by atoms with Crippen LogP contribution in [0.4, 0.5) is 0 Å². The van der Waals surface area contributed by atoms with Gasteiger partial charge in [-0.05, 0) is 27.7 Å². The molecule has 3 saturated heterocycles. The van der Waals surface area contributed by atoms with Gasteiger partial charge >= 0.3 is 0 Å². The van der Waals surface area contributed by atoms with Crippen molar-refractivity contribution >= 4 is 0 Å². The highest BCUT2D eigenvalue weighted by Gasteiger charge is 2.65. The summed E-state index contributed by atoms with van der Waals surface area (Å²) in [6.07, 6.45) is -0.970. The lowest BCUT2D eigenvalue weighted by molar-refractivity contribution is -0.294. The van der Waals surface area contributed by atoms with E-state index in [0.29, 0.717) is 6.61 Å². The van der Waals surface area contributed by atoms with E-state index in [0.717, 1.165) is 0 Å². The minimum absolute atomic E-state index is 0.192. The molecule has 3 aliphatic rings. The molecule has 0 aromatic heterocycles. The lowest BCUT2D eigenvalue weighted by Crippen LogP contribution is -2.60. The molecule has 0 spiro atoms. The molecule has 1 N–H and O–H groups in total. The van der Waals surface area contributed by atoms with Gasteiger partial charge in [-0.1, -0.05) is 0 Å². The van der Waals surface area contributed by atoms with Crippen LogP contribution < -0.4 is 0 Å². The fraction of sp³-hybridized carbons (Fsp3) is 1.00. The van der Waals surface area contributed by atoms with Crippen LogP contribution in [-0.4, -0.2) is 54.0 Å². The molecule has 0 aromatic rings. The molecule has 0 aromatic carbocycles. The van der Waals surface area contributed by atoms with Crippen molar-refractivity contribution in [3.63, 3.8) is 0 Å². The van der Waals surface area contributed by atoms with E-state index >= 15 is 0 Å². The lowest BCUT2D eigenvalue weighted by atomic mass is 9.98. The number of aliphatic hydroxyl groups is 1. The van der Waals surface area contributed by atoms with E-state index in [1.54, 1.807) is 13.8 Å². The maximum atomic E-state index is 9.61. The van der Waals surface area contributed by atoms with Crippen molar-refractivity contribution in [3.8, 4) is 0 Å². The van der Waals surface area contributed by atoms with Gasteiger partial charge in [-0.2, -0.15) is 0 Å². The highest BCUT2D eigenvalue weighted by atomic mass is 16.9. The van der Waals surface area contributed by atoms with Gasteiger partial charge in [-0.25, -0.2) is 0 Å². The zero-order valence-electron chi connectivity index (χ0n) is 11.1. The third-order valence-corrected chi connectivity index (χ3v) is 3.50. The van der Waals surface area contributed by atoms with E-state index in [9.17, 15) is 5.11 Å². The highest BCUT2D eigenvalue weighted by Crippen LogP contribution is 2.47. The summed E-state index contributed by atoms with van der Waals surface area (Å²) in [6, 6.07) is 0. The third kappa shape index (κ3) is 1.79. The molecule has 104 valence electrons. The van der Waals surface area contributed by atoms with Gasteiger partial charge in [0.15, 0.2) is 11.6 Å². The summed E-state index contributed by atoms with van der Waals surface area (Å²) < 4.78 is 28.9. The number of fused-ring (bicyclic) bond motifs is 3. The molecule has 18 heavy (non-hydrogen) atoms. The van der Waals surface area contributed by atoms with E-state index in [4.69, 9.17) is 23.7 Å². The second kappa shape index (κ2) is 3.65. The van der Waals surface area contributed by atoms with Gasteiger partial charge in [0.05, 0.1) is 6.61 Å². The number of aliphatic hydroxyl groups excluding tert-OH is 1. The van der Waals surface area contributed by atoms with Gasteiger partial charge in [0.2, 0.25) is 5.79 Å². The topological polar surface area (TPSA) is 66.4 Å². The van der Waals surface area contributed by atoms with E-state index in [-0.39, 0.29) is 18.8 Å². The van der Waals surface area contributed by atoms with Crippen LogP contribution in [-0.2, 0) is 23.7 Å². The van der Waals surface area contributed by atoms with Crippen molar-refractivity contribution in [2.45, 2.75) is 63.4 Å². The van der Waals surface area contributed by atoms with Gasteiger partial charge in [-0.3, -0.25) is 0 Å². The van der Waals surface area contributed by atoms with Crippen molar-refractivity contribution in [2.75, 3.05) is 13.2 Å². The minimum atomic E-state index is -1.14. The fourth-order valence-electron chi connectivity index (χ4n) is 2.96. The zero-order chi connectivity index (χ0) is 13.2. The van der Waals surface area contributed by atoms with Crippen molar-refractivity contribution in [2.24, 2.45) is 0 Å². The van der Waals surface area contributed by atoms with E-state index < -0.39 is 23.5 Å². The summed E-state index contributed by atoms with van der Waals surface area (Å²) >= 11 is 0. The summed E-state index contributed by atoms with van der Waals surface area (Å²) in [5.74, 6) is -2.62. The van der Waals surface area contributed by atoms with Crippen LogP contribution in [0.5, 0.6) is 0 Å². The van der Waals surface area contributed by atoms with Crippen LogP contribution in [0.25, 0.3) is 0 Å². The first kappa shape index (κ1) is 12.8. The van der Waals surface area contributed by atoms with Gasteiger partial charge in [0.1, 0.15) is 24.9 Å². The lowest BCUT2D eigenvalue weighted by Gasteiger charge is -2.39. The molecule has 0 bridgehead atoms. The summed E-state index contributed by atoms with van der Waals surface area (Å²) in [6.45, 7) is 7.35. The summed E-state index contributed by atoms with van der Waals surface area (Å²) in [7, 11) is 0. The predicted octanol–water partition coefficient (Wildman–Crippen LogP) is 0.377. The van der Waals surface area contributed by atoms with Crippen LogP contribution in [0.3, 0.4) is 0 Å². The Balaban J connectivity index is 1.90. The SMILES string of the molecule is CC1(C)O[C@H]2[C@@H](CO[C@]3(CO)OC(C)(C)O[C@@H]23)O1. The Morgan fingerprint density at radius 1 is 1.06 bits per heavy atom. The van der Waals surface area contributed by atoms with Crippen LogP contribution in [0.2, 0.25) is 0 Å². The molecular weight excluding hydrogens is 240 g/mol. The fourth-order valence-corrected chi connectivity index (χ4v) is 2.96. The van der Waals surface area contributed by atoms with Crippen molar-refractivity contribution in [1.29, 1.82) is 0 Å². The molecular formula is C12H20O6. The average molecular weight is 260 g/mol. The van der Waals surface area contributed by atoms with Gasteiger partial charge < -0.3 is 28.8 Å². The second-order valence-corrected chi connectivity index (χ2v) is 5.96.